The van der Waals surface area contributed by atoms with E-state index in [2.05, 4.69) is 12.2 Å². The summed E-state index contributed by atoms with van der Waals surface area (Å²) >= 11 is 10.1. The minimum absolute atomic E-state index is 0.120. The van der Waals surface area contributed by atoms with Crippen LogP contribution < -0.4 is 0 Å². The molecule has 1 rings (SSSR count). The van der Waals surface area contributed by atoms with Crippen LogP contribution in [0.4, 0.5) is 4.39 Å². The van der Waals surface area contributed by atoms with Crippen LogP contribution in [-0.4, -0.2) is 5.37 Å². The maximum absolute atomic E-state index is 13.1. The van der Waals surface area contributed by atoms with Crippen molar-refractivity contribution in [2.75, 3.05) is 0 Å². The van der Waals surface area contributed by atoms with Crippen molar-refractivity contribution >= 4 is 29.2 Å². The number of nitriles is 1. The summed E-state index contributed by atoms with van der Waals surface area (Å²) in [6.07, 6.45) is 0. The monoisotopic (exact) mass is 199 g/mol. The maximum Gasteiger partial charge on any atom is 0.151 e. The van der Waals surface area contributed by atoms with Gasteiger partial charge in [0.15, 0.2) is 5.82 Å². The van der Waals surface area contributed by atoms with Crippen LogP contribution in [0.3, 0.4) is 0 Å². The third-order valence-corrected chi connectivity index (χ3v) is 1.98. The number of hydrogen-bond donors (Lipinski definition) is 0. The third kappa shape index (κ3) is 1.45. The van der Waals surface area contributed by atoms with Gasteiger partial charge in [0.2, 0.25) is 0 Å². The number of nitrogens with zero attached hydrogens (tertiary/aromatic N) is 1. The molecule has 0 aliphatic heterocycles. The van der Waals surface area contributed by atoms with E-state index in [0.717, 1.165) is 0 Å². The molecule has 60 valence electrons. The van der Waals surface area contributed by atoms with Crippen molar-refractivity contribution in [2.24, 2.45) is 0 Å². The van der Waals surface area contributed by atoms with Gasteiger partial charge in [0, 0.05) is 10.9 Å². The topological polar surface area (TPSA) is 23.8 Å². The molecule has 0 atom stereocenters. The lowest BCUT2D eigenvalue weighted by atomic mass is 10.1. The smallest absolute Gasteiger partial charge is 0.151 e. The van der Waals surface area contributed by atoms with Gasteiger partial charge in [-0.3, -0.25) is 0 Å². The van der Waals surface area contributed by atoms with Crippen LogP contribution in [0, 0.1) is 17.1 Å². The standard InChI is InChI=1S/C8H3ClFNS/c9-7-5(3-11)1-2-6(4-12)8(7)10/h1-2,4H. The van der Waals surface area contributed by atoms with Gasteiger partial charge in [0.05, 0.1) is 10.6 Å². The molecule has 0 radical (unpaired) electrons. The summed E-state index contributed by atoms with van der Waals surface area (Å²) in [6.45, 7) is 0. The molecular formula is C8H3ClFNS. The molecule has 0 fully saturated rings. The Kier molecular flexibility index (Phi) is 2.74. The van der Waals surface area contributed by atoms with Crippen LogP contribution in [0.15, 0.2) is 12.1 Å². The van der Waals surface area contributed by atoms with Gasteiger partial charge in [-0.05, 0) is 12.1 Å². The molecule has 0 aliphatic rings. The van der Waals surface area contributed by atoms with E-state index in [1.807, 2.05) is 0 Å². The Labute approximate surface area is 79.4 Å². The van der Waals surface area contributed by atoms with Crippen LogP contribution in [-0.2, 0) is 0 Å². The molecule has 0 saturated heterocycles. The van der Waals surface area contributed by atoms with E-state index < -0.39 is 5.82 Å². The van der Waals surface area contributed by atoms with Crippen molar-refractivity contribution in [3.8, 4) is 6.07 Å². The van der Waals surface area contributed by atoms with Crippen LogP contribution in [0.5, 0.6) is 0 Å². The van der Waals surface area contributed by atoms with Gasteiger partial charge in [-0.25, -0.2) is 4.39 Å². The predicted octanol–water partition coefficient (Wildman–Crippen LogP) is 2.70. The SMILES string of the molecule is N#Cc1ccc(C=S)c(F)c1Cl. The largest absolute Gasteiger partial charge is 0.205 e. The lowest BCUT2D eigenvalue weighted by molar-refractivity contribution is 0.626. The minimum Gasteiger partial charge on any atom is -0.205 e. The Morgan fingerprint density at radius 3 is 2.75 bits per heavy atom. The van der Waals surface area contributed by atoms with Crippen LogP contribution in [0.25, 0.3) is 0 Å². The van der Waals surface area contributed by atoms with Gasteiger partial charge in [-0.15, -0.1) is 0 Å². The summed E-state index contributed by atoms with van der Waals surface area (Å²) in [5.41, 5.74) is 0.351. The number of halogens is 2. The first-order valence-corrected chi connectivity index (χ1v) is 3.89. The summed E-state index contributed by atoms with van der Waals surface area (Å²) < 4.78 is 13.1. The zero-order chi connectivity index (χ0) is 9.14. The van der Waals surface area contributed by atoms with Crippen molar-refractivity contribution in [1.29, 1.82) is 5.26 Å². The van der Waals surface area contributed by atoms with Crippen molar-refractivity contribution in [2.45, 2.75) is 0 Å². The predicted molar refractivity (Wildman–Crippen MR) is 48.9 cm³/mol. The lowest BCUT2D eigenvalue weighted by Crippen LogP contribution is -1.90. The second-order valence-corrected chi connectivity index (χ2v) is 2.67. The summed E-state index contributed by atoms with van der Waals surface area (Å²) in [5, 5.41) is 9.48. The Morgan fingerprint density at radius 2 is 2.25 bits per heavy atom. The fourth-order valence-corrected chi connectivity index (χ4v) is 1.14. The van der Waals surface area contributed by atoms with Crippen LogP contribution in [0.1, 0.15) is 11.1 Å². The first kappa shape index (κ1) is 9.11. The van der Waals surface area contributed by atoms with Gasteiger partial charge in [0.1, 0.15) is 6.07 Å². The molecular weight excluding hydrogens is 197 g/mol. The highest BCUT2D eigenvalue weighted by Gasteiger charge is 2.08. The van der Waals surface area contributed by atoms with E-state index in [4.69, 9.17) is 16.9 Å². The number of benzene rings is 1. The molecule has 0 aromatic heterocycles. The van der Waals surface area contributed by atoms with Crippen molar-refractivity contribution in [1.82, 2.24) is 0 Å². The lowest BCUT2D eigenvalue weighted by Gasteiger charge is -1.99. The van der Waals surface area contributed by atoms with Crippen molar-refractivity contribution in [3.63, 3.8) is 0 Å². The maximum atomic E-state index is 13.1. The van der Waals surface area contributed by atoms with Crippen molar-refractivity contribution < 1.29 is 4.39 Å². The molecule has 1 aromatic carbocycles. The zero-order valence-corrected chi connectivity index (χ0v) is 7.42. The summed E-state index contributed by atoms with van der Waals surface area (Å²) in [5.74, 6) is -0.634. The Bertz CT molecular complexity index is 370. The van der Waals surface area contributed by atoms with Crippen molar-refractivity contribution in [3.05, 3.63) is 34.1 Å². The molecule has 0 amide bonds. The van der Waals surface area contributed by atoms with Gasteiger partial charge >= 0.3 is 0 Å². The van der Waals surface area contributed by atoms with E-state index in [9.17, 15) is 4.39 Å². The molecule has 12 heavy (non-hydrogen) atoms. The Hall–Kier alpha value is -0.980. The molecule has 0 heterocycles. The van der Waals surface area contributed by atoms with E-state index in [0.29, 0.717) is 0 Å². The van der Waals surface area contributed by atoms with Gasteiger partial charge in [-0.2, -0.15) is 5.26 Å². The fraction of sp³-hybridized carbons (Fsp3) is 0. The summed E-state index contributed by atoms with van der Waals surface area (Å²) in [6, 6.07) is 4.62. The number of hydrogen-bond acceptors (Lipinski definition) is 2. The van der Waals surface area contributed by atoms with E-state index in [-0.39, 0.29) is 16.1 Å². The average molecular weight is 200 g/mol. The first-order chi connectivity index (χ1) is 5.70. The number of rotatable bonds is 1. The molecule has 0 saturated carbocycles. The quantitative estimate of drug-likeness (QED) is 0.650. The van der Waals surface area contributed by atoms with E-state index >= 15 is 0 Å². The summed E-state index contributed by atoms with van der Waals surface area (Å²) in [4.78, 5) is 0. The van der Waals surface area contributed by atoms with E-state index in [1.54, 1.807) is 6.07 Å². The molecule has 0 bridgehead atoms. The Balaban J connectivity index is 3.41. The fourth-order valence-electron chi connectivity index (χ4n) is 0.742. The Morgan fingerprint density at radius 1 is 1.58 bits per heavy atom. The summed E-state index contributed by atoms with van der Waals surface area (Å²) in [7, 11) is 0. The van der Waals surface area contributed by atoms with Gasteiger partial charge < -0.3 is 0 Å². The number of thiocarbonyl (C=S) groups is 1. The minimum atomic E-state index is -0.634. The highest BCUT2D eigenvalue weighted by Crippen LogP contribution is 2.21. The molecule has 0 spiro atoms. The second kappa shape index (κ2) is 3.61. The van der Waals surface area contributed by atoms with Gasteiger partial charge in [-0.1, -0.05) is 23.8 Å². The molecule has 1 nitrogen and oxygen atoms in total. The molecule has 0 aliphatic carbocycles. The first-order valence-electron chi connectivity index (χ1n) is 3.04. The van der Waals surface area contributed by atoms with Gasteiger partial charge in [0.25, 0.3) is 0 Å². The average Bonchev–Trinajstić information content (AvgIpc) is 2.10. The highest BCUT2D eigenvalue weighted by molar-refractivity contribution is 7.79. The molecule has 0 N–H and O–H groups in total. The molecule has 0 unspecified atom stereocenters. The molecule has 1 aromatic rings. The van der Waals surface area contributed by atoms with E-state index in [1.165, 1.54) is 17.5 Å². The second-order valence-electron chi connectivity index (χ2n) is 2.06. The normalized spacial score (nSPS) is 9.08. The highest BCUT2D eigenvalue weighted by atomic mass is 35.5. The van der Waals surface area contributed by atoms with Crippen LogP contribution >= 0.6 is 23.8 Å². The third-order valence-electron chi connectivity index (χ3n) is 1.36. The molecule has 4 heteroatoms. The van der Waals surface area contributed by atoms with Crippen LogP contribution in [0.2, 0.25) is 5.02 Å². The zero-order valence-electron chi connectivity index (χ0n) is 5.84.